The lowest BCUT2D eigenvalue weighted by Crippen LogP contribution is -1.91. The van der Waals surface area contributed by atoms with E-state index in [-0.39, 0.29) is 8.60 Å². The van der Waals surface area contributed by atoms with Crippen LogP contribution in [0.4, 0.5) is 0 Å². The molecule has 0 fully saturated rings. The lowest BCUT2D eigenvalue weighted by molar-refractivity contribution is 0.654. The topological polar surface area (TPSA) is 32.6 Å². The van der Waals surface area contributed by atoms with E-state index >= 15 is 0 Å². The summed E-state index contributed by atoms with van der Waals surface area (Å²) in [5, 5.41) is 0. The van der Waals surface area contributed by atoms with Crippen LogP contribution in [0.25, 0.3) is 0 Å². The maximum atomic E-state index is 8.42. The van der Waals surface area contributed by atoms with Gasteiger partial charge in [0.2, 0.25) is 0 Å². The molecule has 0 aromatic heterocycles. The molecule has 1 unspecified atom stereocenters. The number of nitrogens with zero attached hydrogens (tertiary/aromatic N) is 1. The molecule has 0 aromatic carbocycles. The third kappa shape index (κ3) is 2.05. The third-order valence-electron chi connectivity index (χ3n) is 1.45. The summed E-state index contributed by atoms with van der Waals surface area (Å²) >= 11 is 0. The fourth-order valence-electron chi connectivity index (χ4n) is 0.842. The molecule has 0 amide bonds. The van der Waals surface area contributed by atoms with E-state index in [0.29, 0.717) is 5.92 Å². The summed E-state index contributed by atoms with van der Waals surface area (Å²) in [6.45, 7) is 2.15. The van der Waals surface area contributed by atoms with Gasteiger partial charge in [-0.3, -0.25) is 0 Å². The van der Waals surface area contributed by atoms with Gasteiger partial charge in [0.15, 0.2) is 8.60 Å². The van der Waals surface area contributed by atoms with Crippen molar-refractivity contribution >= 4 is 8.60 Å². The zero-order valence-corrected chi connectivity index (χ0v) is 6.75. The van der Waals surface area contributed by atoms with E-state index < -0.39 is 0 Å². The molecule has 0 heterocycles. The van der Waals surface area contributed by atoms with Crippen LogP contribution in [0.1, 0.15) is 13.3 Å². The quantitative estimate of drug-likeness (QED) is 0.580. The van der Waals surface area contributed by atoms with Gasteiger partial charge in [0.25, 0.3) is 0 Å². The predicted molar refractivity (Wildman–Crippen MR) is 42.6 cm³/mol. The van der Waals surface area contributed by atoms with E-state index in [4.69, 9.17) is 4.89 Å². The van der Waals surface area contributed by atoms with Gasteiger partial charge >= 0.3 is 0 Å². The summed E-state index contributed by atoms with van der Waals surface area (Å²) < 4.78 is 3.82. The normalized spacial score (nSPS) is 25.4. The zero-order chi connectivity index (χ0) is 7.40. The third-order valence-corrected chi connectivity index (χ3v) is 1.77. The summed E-state index contributed by atoms with van der Waals surface area (Å²) in [7, 11) is 0.101. The molecule has 1 aliphatic carbocycles. The van der Waals surface area contributed by atoms with Crippen LogP contribution in [-0.4, -0.2) is 4.89 Å². The van der Waals surface area contributed by atoms with Gasteiger partial charge < -0.3 is 4.89 Å². The minimum absolute atomic E-state index is 0.101. The average Bonchev–Trinajstić information content (AvgIpc) is 1.95. The summed E-state index contributed by atoms with van der Waals surface area (Å²) in [5.41, 5.74) is 0.891. The summed E-state index contributed by atoms with van der Waals surface area (Å²) in [6, 6.07) is 0. The molecule has 0 aromatic rings. The molecule has 1 atom stereocenters. The highest BCUT2D eigenvalue weighted by molar-refractivity contribution is 7.19. The Bertz CT molecular complexity index is 196. The Kier molecular flexibility index (Phi) is 2.79. The summed E-state index contributed by atoms with van der Waals surface area (Å²) in [4.78, 5) is 8.42. The second-order valence-corrected chi connectivity index (χ2v) is 2.77. The van der Waals surface area contributed by atoms with Gasteiger partial charge in [0.05, 0.1) is 5.70 Å². The van der Waals surface area contributed by atoms with Crippen LogP contribution in [-0.2, 0) is 0 Å². The highest BCUT2D eigenvalue weighted by Crippen LogP contribution is 2.17. The number of allylic oxidation sites excluding steroid dienone is 3. The molecule has 0 saturated carbocycles. The molecule has 0 saturated heterocycles. The Morgan fingerprint density at radius 1 is 1.80 bits per heavy atom. The Balaban J connectivity index is 2.58. The molecule has 1 aliphatic rings. The fourth-order valence-corrected chi connectivity index (χ4v) is 1.09. The van der Waals surface area contributed by atoms with Crippen LogP contribution in [0, 0.1) is 5.92 Å². The van der Waals surface area contributed by atoms with Gasteiger partial charge in [0, 0.05) is 0 Å². The van der Waals surface area contributed by atoms with Gasteiger partial charge in [-0.2, -0.15) is 0 Å². The molecule has 0 radical (unpaired) electrons. The lowest BCUT2D eigenvalue weighted by Gasteiger charge is -2.06. The summed E-state index contributed by atoms with van der Waals surface area (Å²) in [5.74, 6) is 0.620. The molecule has 0 spiro atoms. The van der Waals surface area contributed by atoms with Crippen molar-refractivity contribution in [2.45, 2.75) is 13.3 Å². The van der Waals surface area contributed by atoms with Crippen molar-refractivity contribution in [1.29, 1.82) is 0 Å². The standard InChI is InChI=1S/C7H10NOP/c1-6-2-4-7(5-3-6)8-10-9/h2,4-6H,3H2,1H3,(H,8,9). The fraction of sp³-hybridized carbons (Fsp3) is 0.429. The van der Waals surface area contributed by atoms with Crippen molar-refractivity contribution in [2.75, 3.05) is 0 Å². The molecule has 0 aliphatic heterocycles. The first kappa shape index (κ1) is 7.64. The minimum atomic E-state index is 0.101. The van der Waals surface area contributed by atoms with Gasteiger partial charge in [-0.25, -0.2) is 4.74 Å². The monoisotopic (exact) mass is 155 g/mol. The second-order valence-electron chi connectivity index (χ2n) is 2.39. The largest absolute Gasteiger partial charge is 0.327 e. The van der Waals surface area contributed by atoms with Crippen molar-refractivity contribution < 1.29 is 4.89 Å². The van der Waals surface area contributed by atoms with E-state index in [0.717, 1.165) is 12.1 Å². The molecule has 0 bridgehead atoms. The van der Waals surface area contributed by atoms with Gasteiger partial charge in [-0.15, -0.1) is 0 Å². The Hall–Kier alpha value is -0.460. The maximum Gasteiger partial charge on any atom is 0.174 e. The Labute approximate surface area is 62.2 Å². The van der Waals surface area contributed by atoms with Crippen molar-refractivity contribution in [1.82, 2.24) is 0 Å². The Morgan fingerprint density at radius 2 is 2.60 bits per heavy atom. The number of hydrogen-bond donors (Lipinski definition) is 1. The van der Waals surface area contributed by atoms with Crippen LogP contribution in [0.5, 0.6) is 0 Å². The number of rotatable bonds is 1. The van der Waals surface area contributed by atoms with Crippen LogP contribution >= 0.6 is 8.60 Å². The molecular formula is C7H10NOP. The van der Waals surface area contributed by atoms with Crippen LogP contribution in [0.3, 0.4) is 0 Å². The first-order valence-corrected chi connectivity index (χ1v) is 4.06. The minimum Gasteiger partial charge on any atom is -0.327 e. The smallest absolute Gasteiger partial charge is 0.174 e. The predicted octanol–water partition coefficient (Wildman–Crippen LogP) is 2.50. The second kappa shape index (κ2) is 3.65. The molecule has 1 N–H and O–H groups in total. The first-order chi connectivity index (χ1) is 4.83. The van der Waals surface area contributed by atoms with Gasteiger partial charge in [-0.05, 0) is 18.4 Å². The number of hydrogen-bond acceptors (Lipinski definition) is 1. The van der Waals surface area contributed by atoms with E-state index in [1.165, 1.54) is 0 Å². The molecule has 3 heteroatoms. The van der Waals surface area contributed by atoms with E-state index in [1.807, 2.05) is 12.2 Å². The molecule has 1 rings (SSSR count). The highest BCUT2D eigenvalue weighted by atomic mass is 31.1. The van der Waals surface area contributed by atoms with E-state index in [1.54, 1.807) is 0 Å². The first-order valence-electron chi connectivity index (χ1n) is 3.26. The van der Waals surface area contributed by atoms with Gasteiger partial charge in [0.1, 0.15) is 0 Å². The molecule has 2 nitrogen and oxygen atoms in total. The van der Waals surface area contributed by atoms with Crippen molar-refractivity contribution in [3.05, 3.63) is 23.9 Å². The van der Waals surface area contributed by atoms with Crippen LogP contribution < -0.4 is 0 Å². The van der Waals surface area contributed by atoms with Crippen LogP contribution in [0.2, 0.25) is 0 Å². The molecular weight excluding hydrogens is 145 g/mol. The molecule has 10 heavy (non-hydrogen) atoms. The van der Waals surface area contributed by atoms with Crippen LogP contribution in [0.15, 0.2) is 28.7 Å². The van der Waals surface area contributed by atoms with Crippen molar-refractivity contribution in [3.8, 4) is 0 Å². The maximum absolute atomic E-state index is 8.42. The highest BCUT2D eigenvalue weighted by Gasteiger charge is 2.00. The molecule has 54 valence electrons. The van der Waals surface area contributed by atoms with Crippen molar-refractivity contribution in [2.24, 2.45) is 10.7 Å². The lowest BCUT2D eigenvalue weighted by atomic mass is 10.0. The van der Waals surface area contributed by atoms with Crippen molar-refractivity contribution in [3.63, 3.8) is 0 Å². The Morgan fingerprint density at radius 3 is 3.10 bits per heavy atom. The van der Waals surface area contributed by atoms with E-state index in [2.05, 4.69) is 17.7 Å². The zero-order valence-electron chi connectivity index (χ0n) is 5.86. The average molecular weight is 155 g/mol. The van der Waals surface area contributed by atoms with E-state index in [9.17, 15) is 0 Å². The summed E-state index contributed by atoms with van der Waals surface area (Å²) in [6.07, 6.45) is 7.11. The van der Waals surface area contributed by atoms with Gasteiger partial charge in [-0.1, -0.05) is 19.1 Å². The SMILES string of the molecule is CC1C=CC(N=PO)=CC1.